The van der Waals surface area contributed by atoms with E-state index in [1.807, 2.05) is 54.6 Å². The van der Waals surface area contributed by atoms with E-state index in [9.17, 15) is 9.59 Å². The number of nitrogens with one attached hydrogen (secondary N) is 2. The van der Waals surface area contributed by atoms with Gasteiger partial charge in [-0.2, -0.15) is 0 Å². The van der Waals surface area contributed by atoms with Crippen molar-refractivity contribution in [3.8, 4) is 11.5 Å². The number of methoxy groups -OCH3 is 1. The first-order chi connectivity index (χ1) is 13.6. The highest BCUT2D eigenvalue weighted by Crippen LogP contribution is 2.32. The molecule has 0 aromatic heterocycles. The molecule has 1 unspecified atom stereocenters. The van der Waals surface area contributed by atoms with E-state index in [0.717, 1.165) is 18.4 Å². The van der Waals surface area contributed by atoms with Gasteiger partial charge in [-0.05, 0) is 42.7 Å². The summed E-state index contributed by atoms with van der Waals surface area (Å²) >= 11 is 0. The van der Waals surface area contributed by atoms with Crippen molar-refractivity contribution in [1.82, 2.24) is 10.6 Å². The van der Waals surface area contributed by atoms with Gasteiger partial charge in [-0.15, -0.1) is 0 Å². The molecule has 0 bridgehead atoms. The molecule has 1 aliphatic heterocycles. The highest BCUT2D eigenvalue weighted by molar-refractivity contribution is 5.95. The molecule has 6 nitrogen and oxygen atoms in total. The molecule has 0 radical (unpaired) electrons. The van der Waals surface area contributed by atoms with Crippen molar-refractivity contribution >= 4 is 12.0 Å². The molecule has 2 N–H and O–H groups in total. The average molecular weight is 380 g/mol. The van der Waals surface area contributed by atoms with Gasteiger partial charge in [0.2, 0.25) is 0 Å². The quantitative estimate of drug-likeness (QED) is 0.696. The summed E-state index contributed by atoms with van der Waals surface area (Å²) in [5.41, 5.74) is 1.78. The Morgan fingerprint density at radius 2 is 1.82 bits per heavy atom. The molecule has 3 rings (SSSR count). The zero-order valence-corrected chi connectivity index (χ0v) is 16.0. The summed E-state index contributed by atoms with van der Waals surface area (Å²) in [5, 5.41) is 5.60. The maximum absolute atomic E-state index is 12.5. The Bertz CT molecular complexity index is 877. The first kappa shape index (κ1) is 19.5. The summed E-state index contributed by atoms with van der Waals surface area (Å²) in [4.78, 5) is 24.7. The molecular weight excluding hydrogens is 356 g/mol. The lowest BCUT2D eigenvalue weighted by molar-refractivity contribution is -0.136. The van der Waals surface area contributed by atoms with Crippen molar-refractivity contribution in [2.24, 2.45) is 0 Å². The van der Waals surface area contributed by atoms with Crippen LogP contribution in [0.1, 0.15) is 37.8 Å². The lowest BCUT2D eigenvalue weighted by Crippen LogP contribution is -2.45. The summed E-state index contributed by atoms with van der Waals surface area (Å²) in [7, 11) is 1.34. The Morgan fingerprint density at radius 3 is 2.54 bits per heavy atom. The van der Waals surface area contributed by atoms with Gasteiger partial charge in [-0.25, -0.2) is 9.59 Å². The number of rotatable bonds is 7. The number of hydrogen-bond acceptors (Lipinski definition) is 4. The number of carbonyl (C=O) groups is 2. The second kappa shape index (κ2) is 9.08. The molecule has 2 aromatic carbocycles. The second-order valence-corrected chi connectivity index (χ2v) is 6.51. The first-order valence-corrected chi connectivity index (χ1v) is 9.34. The van der Waals surface area contributed by atoms with Crippen LogP contribution < -0.4 is 15.4 Å². The van der Waals surface area contributed by atoms with Crippen molar-refractivity contribution < 1.29 is 19.1 Å². The van der Waals surface area contributed by atoms with Gasteiger partial charge >= 0.3 is 12.0 Å². The monoisotopic (exact) mass is 380 g/mol. The smallest absolute Gasteiger partial charge is 0.337 e. The number of esters is 1. The number of unbranched alkanes of at least 4 members (excludes halogenated alkanes) is 1. The molecular formula is C22H24N2O4. The van der Waals surface area contributed by atoms with E-state index in [1.54, 1.807) is 0 Å². The number of urea groups is 1. The Labute approximate surface area is 164 Å². The van der Waals surface area contributed by atoms with E-state index in [1.165, 1.54) is 7.11 Å². The van der Waals surface area contributed by atoms with Crippen LogP contribution in [0.4, 0.5) is 4.79 Å². The van der Waals surface area contributed by atoms with E-state index in [0.29, 0.717) is 29.2 Å². The van der Waals surface area contributed by atoms with E-state index >= 15 is 0 Å². The Balaban J connectivity index is 1.96. The molecule has 146 valence electrons. The molecule has 2 aromatic rings. The number of ether oxygens (including phenoxy) is 2. The number of hydrogen-bond donors (Lipinski definition) is 2. The predicted molar refractivity (Wildman–Crippen MR) is 106 cm³/mol. The molecule has 1 heterocycles. The topological polar surface area (TPSA) is 76.7 Å². The number of carbonyl (C=O) groups excluding carboxylic acids is 2. The summed E-state index contributed by atoms with van der Waals surface area (Å²) in [6.07, 6.45) is 2.41. The largest absolute Gasteiger partial charge is 0.466 e. The van der Waals surface area contributed by atoms with E-state index in [4.69, 9.17) is 9.47 Å². The van der Waals surface area contributed by atoms with Crippen LogP contribution in [0.3, 0.4) is 0 Å². The number of benzene rings is 2. The van der Waals surface area contributed by atoms with Crippen molar-refractivity contribution in [2.45, 2.75) is 32.2 Å². The van der Waals surface area contributed by atoms with Gasteiger partial charge in [-0.1, -0.05) is 43.7 Å². The predicted octanol–water partition coefficient (Wildman–Crippen LogP) is 4.45. The van der Waals surface area contributed by atoms with Crippen LogP contribution >= 0.6 is 0 Å². The molecule has 6 heteroatoms. The van der Waals surface area contributed by atoms with Crippen molar-refractivity contribution in [1.29, 1.82) is 0 Å². The summed E-state index contributed by atoms with van der Waals surface area (Å²) in [5.74, 6) is 0.871. The van der Waals surface area contributed by atoms with Gasteiger partial charge in [0.25, 0.3) is 0 Å². The molecule has 0 saturated heterocycles. The Morgan fingerprint density at radius 1 is 1.07 bits per heavy atom. The molecule has 2 amide bonds. The summed E-state index contributed by atoms with van der Waals surface area (Å²) in [6.45, 7) is 2.06. The average Bonchev–Trinajstić information content (AvgIpc) is 2.72. The maximum Gasteiger partial charge on any atom is 0.337 e. The lowest BCUT2D eigenvalue weighted by Gasteiger charge is -2.29. The first-order valence-electron chi connectivity index (χ1n) is 9.34. The summed E-state index contributed by atoms with van der Waals surface area (Å²) in [6, 6.07) is 15.8. The van der Waals surface area contributed by atoms with Crippen LogP contribution in [-0.2, 0) is 9.53 Å². The lowest BCUT2D eigenvalue weighted by atomic mass is 9.93. The third kappa shape index (κ3) is 4.52. The van der Waals surface area contributed by atoms with Crippen LogP contribution in [0.2, 0.25) is 0 Å². The van der Waals surface area contributed by atoms with Crippen LogP contribution in [0.15, 0.2) is 65.9 Å². The minimum atomic E-state index is -0.604. The van der Waals surface area contributed by atoms with Crippen molar-refractivity contribution in [3.05, 3.63) is 71.4 Å². The maximum atomic E-state index is 12.5. The minimum absolute atomic E-state index is 0.335. The van der Waals surface area contributed by atoms with Crippen LogP contribution in [0.25, 0.3) is 0 Å². The normalized spacial score (nSPS) is 16.2. The van der Waals surface area contributed by atoms with Gasteiger partial charge in [0.15, 0.2) is 0 Å². The summed E-state index contributed by atoms with van der Waals surface area (Å²) < 4.78 is 10.9. The highest BCUT2D eigenvalue weighted by Gasteiger charge is 2.33. The van der Waals surface area contributed by atoms with Gasteiger partial charge in [0.05, 0.1) is 18.7 Å². The molecule has 0 saturated carbocycles. The third-order valence-electron chi connectivity index (χ3n) is 4.51. The minimum Gasteiger partial charge on any atom is -0.466 e. The molecule has 1 atom stereocenters. The van der Waals surface area contributed by atoms with Crippen molar-refractivity contribution in [2.75, 3.05) is 7.11 Å². The van der Waals surface area contributed by atoms with Gasteiger partial charge in [0.1, 0.15) is 11.5 Å². The fraction of sp³-hybridized carbons (Fsp3) is 0.273. The Hall–Kier alpha value is -3.28. The number of allylic oxidation sites excluding steroid dienone is 1. The molecule has 28 heavy (non-hydrogen) atoms. The zero-order chi connectivity index (χ0) is 19.9. The fourth-order valence-electron chi connectivity index (χ4n) is 3.15. The number of para-hydroxylation sites is 1. The number of amides is 2. The van der Waals surface area contributed by atoms with Gasteiger partial charge in [0, 0.05) is 5.70 Å². The SMILES string of the molecule is CCCCC1=C(C(=O)OC)C(c2cccc(Oc3ccccc3)c2)NC(=O)N1. The standard InChI is InChI=1S/C22H24N2O4/c1-3-4-13-18-19(21(25)27-2)20(24-22(26)23-18)15-9-8-12-17(14-15)28-16-10-6-5-7-11-16/h5-12,14,20H,3-4,13H2,1-2H3,(H2,23,24,26). The van der Waals surface area contributed by atoms with E-state index < -0.39 is 12.0 Å². The highest BCUT2D eigenvalue weighted by atomic mass is 16.5. The Kier molecular flexibility index (Phi) is 6.32. The zero-order valence-electron chi connectivity index (χ0n) is 16.0. The third-order valence-corrected chi connectivity index (χ3v) is 4.51. The van der Waals surface area contributed by atoms with Crippen LogP contribution in [-0.4, -0.2) is 19.1 Å². The van der Waals surface area contributed by atoms with Crippen LogP contribution in [0.5, 0.6) is 11.5 Å². The van der Waals surface area contributed by atoms with E-state index in [-0.39, 0.29) is 6.03 Å². The molecule has 0 spiro atoms. The molecule has 1 aliphatic rings. The molecule has 0 aliphatic carbocycles. The fourth-order valence-corrected chi connectivity index (χ4v) is 3.15. The molecule has 0 fully saturated rings. The van der Waals surface area contributed by atoms with Gasteiger partial charge in [-0.3, -0.25) is 0 Å². The second-order valence-electron chi connectivity index (χ2n) is 6.51. The van der Waals surface area contributed by atoms with Crippen molar-refractivity contribution in [3.63, 3.8) is 0 Å². The van der Waals surface area contributed by atoms with E-state index in [2.05, 4.69) is 17.6 Å². The van der Waals surface area contributed by atoms with Crippen LogP contribution in [0, 0.1) is 0 Å². The van der Waals surface area contributed by atoms with Gasteiger partial charge < -0.3 is 20.1 Å².